The summed E-state index contributed by atoms with van der Waals surface area (Å²) in [5.41, 5.74) is 1.40. The Bertz CT molecular complexity index is 944. The van der Waals surface area contributed by atoms with E-state index in [9.17, 15) is 14.9 Å². The first-order chi connectivity index (χ1) is 14.0. The van der Waals surface area contributed by atoms with Crippen molar-refractivity contribution in [3.63, 3.8) is 0 Å². The van der Waals surface area contributed by atoms with Crippen LogP contribution in [0.25, 0.3) is 6.08 Å². The minimum absolute atomic E-state index is 0.162. The predicted molar refractivity (Wildman–Crippen MR) is 113 cm³/mol. The molecule has 1 aliphatic carbocycles. The van der Waals surface area contributed by atoms with E-state index in [2.05, 4.69) is 16.7 Å². The molecule has 3 rings (SSSR count). The lowest BCUT2D eigenvalue weighted by molar-refractivity contribution is -0.111. The molecule has 29 heavy (non-hydrogen) atoms. The van der Waals surface area contributed by atoms with Crippen molar-refractivity contribution in [2.24, 2.45) is 0 Å². The molecule has 3 N–H and O–H groups in total. The topological polar surface area (TPSA) is 111 Å². The Morgan fingerprint density at radius 2 is 2.34 bits per heavy atom. The van der Waals surface area contributed by atoms with Crippen LogP contribution in [-0.2, 0) is 22.4 Å². The highest BCUT2D eigenvalue weighted by Crippen LogP contribution is 2.38. The molecule has 0 fully saturated rings. The van der Waals surface area contributed by atoms with Crippen LogP contribution >= 0.6 is 22.7 Å². The fourth-order valence-corrected chi connectivity index (χ4v) is 4.88. The second-order valence-electron chi connectivity index (χ2n) is 6.66. The fourth-order valence-electron chi connectivity index (χ4n) is 2.99. The zero-order chi connectivity index (χ0) is 20.8. The van der Waals surface area contributed by atoms with Gasteiger partial charge in [-0.05, 0) is 42.9 Å². The summed E-state index contributed by atoms with van der Waals surface area (Å²) in [4.78, 5) is 26.0. The van der Waals surface area contributed by atoms with Gasteiger partial charge in [-0.2, -0.15) is 5.26 Å². The molecule has 2 amide bonds. The Morgan fingerprint density at radius 1 is 1.52 bits per heavy atom. The van der Waals surface area contributed by atoms with E-state index in [1.165, 1.54) is 28.7 Å². The second-order valence-corrected chi connectivity index (χ2v) is 8.74. The number of hydrogen-bond donors (Lipinski definition) is 3. The van der Waals surface area contributed by atoms with Crippen molar-refractivity contribution in [2.75, 3.05) is 11.9 Å². The van der Waals surface area contributed by atoms with Crippen LogP contribution in [0, 0.1) is 11.3 Å². The number of alkyl carbamates (subject to hydrolysis) is 1. The summed E-state index contributed by atoms with van der Waals surface area (Å²) in [5, 5.41) is 26.4. The Kier molecular flexibility index (Phi) is 7.04. The van der Waals surface area contributed by atoms with Gasteiger partial charge in [0.1, 0.15) is 17.2 Å². The summed E-state index contributed by atoms with van der Waals surface area (Å²) < 4.78 is 5.43. The molecule has 0 saturated heterocycles. The van der Waals surface area contributed by atoms with Gasteiger partial charge in [0.2, 0.25) is 5.91 Å². The largest absolute Gasteiger partial charge is 0.446 e. The van der Waals surface area contributed by atoms with Gasteiger partial charge < -0.3 is 20.5 Å². The highest BCUT2D eigenvalue weighted by Gasteiger charge is 2.28. The van der Waals surface area contributed by atoms with Crippen molar-refractivity contribution in [3.8, 4) is 6.07 Å². The standard InChI is InChI=1S/C20H21N3O4S2/c1-12(11-24)22-20(26)27-13-4-6-15-16(10-21)19(29-17(15)9-13)23-18(25)7-5-14-3-2-8-28-14/h2-3,5,7-8,12-13,24H,4,6,9,11H2,1H3,(H,22,26)(H,23,25). The molecule has 1 aliphatic rings. The van der Waals surface area contributed by atoms with Crippen molar-refractivity contribution >= 4 is 45.8 Å². The number of nitrogens with one attached hydrogen (secondary N) is 2. The number of hydrogen-bond acceptors (Lipinski definition) is 7. The van der Waals surface area contributed by atoms with Crippen LogP contribution in [0.2, 0.25) is 0 Å². The summed E-state index contributed by atoms with van der Waals surface area (Å²) >= 11 is 2.88. The van der Waals surface area contributed by atoms with Gasteiger partial charge >= 0.3 is 6.09 Å². The Morgan fingerprint density at radius 3 is 3.03 bits per heavy atom. The highest BCUT2D eigenvalue weighted by molar-refractivity contribution is 7.16. The molecule has 2 heterocycles. The van der Waals surface area contributed by atoms with Gasteiger partial charge in [-0.15, -0.1) is 22.7 Å². The average Bonchev–Trinajstić information content (AvgIpc) is 3.32. The van der Waals surface area contributed by atoms with E-state index in [-0.39, 0.29) is 24.7 Å². The van der Waals surface area contributed by atoms with Crippen molar-refractivity contribution in [1.82, 2.24) is 5.32 Å². The van der Waals surface area contributed by atoms with E-state index < -0.39 is 6.09 Å². The number of ether oxygens (including phenoxy) is 1. The van der Waals surface area contributed by atoms with Gasteiger partial charge in [0.05, 0.1) is 18.2 Å². The molecular weight excluding hydrogens is 410 g/mol. The van der Waals surface area contributed by atoms with E-state index in [0.29, 0.717) is 29.8 Å². The summed E-state index contributed by atoms with van der Waals surface area (Å²) in [5.74, 6) is -0.293. The molecule has 7 nitrogen and oxygen atoms in total. The van der Waals surface area contributed by atoms with Gasteiger partial charge in [0.15, 0.2) is 0 Å². The van der Waals surface area contributed by atoms with Crippen molar-refractivity contribution in [3.05, 3.63) is 44.5 Å². The number of carbonyl (C=O) groups is 2. The first kappa shape index (κ1) is 21.0. The van der Waals surface area contributed by atoms with Crippen molar-refractivity contribution in [2.45, 2.75) is 38.3 Å². The third-order valence-electron chi connectivity index (χ3n) is 4.42. The molecule has 0 aromatic carbocycles. The van der Waals surface area contributed by atoms with Crippen molar-refractivity contribution in [1.29, 1.82) is 5.26 Å². The van der Waals surface area contributed by atoms with E-state index in [4.69, 9.17) is 9.84 Å². The predicted octanol–water partition coefficient (Wildman–Crippen LogP) is 3.30. The zero-order valence-corrected chi connectivity index (χ0v) is 17.4. The van der Waals surface area contributed by atoms with Crippen LogP contribution < -0.4 is 10.6 Å². The summed E-state index contributed by atoms with van der Waals surface area (Å²) in [6, 6.07) is 5.64. The van der Waals surface area contributed by atoms with E-state index in [0.717, 1.165) is 15.3 Å². The number of thiophene rings is 2. The van der Waals surface area contributed by atoms with E-state index >= 15 is 0 Å². The SMILES string of the molecule is CC(CO)NC(=O)OC1CCc2c(sc(NC(=O)C=Cc3cccs3)c2C#N)C1. The average molecular weight is 432 g/mol. The number of rotatable bonds is 6. The monoisotopic (exact) mass is 431 g/mol. The fraction of sp³-hybridized carbons (Fsp3) is 0.350. The third kappa shape index (κ3) is 5.44. The minimum Gasteiger partial charge on any atom is -0.446 e. The highest BCUT2D eigenvalue weighted by atomic mass is 32.1. The molecule has 152 valence electrons. The molecular formula is C20H21N3O4S2. The molecule has 0 spiro atoms. The molecule has 0 saturated carbocycles. The first-order valence-corrected chi connectivity index (χ1v) is 10.8. The molecule has 9 heteroatoms. The molecule has 2 unspecified atom stereocenters. The molecule has 2 aromatic rings. The lowest BCUT2D eigenvalue weighted by atomic mass is 9.94. The molecule has 0 aliphatic heterocycles. The number of amides is 2. The number of aliphatic hydroxyl groups excluding tert-OH is 1. The summed E-state index contributed by atoms with van der Waals surface area (Å²) in [6.07, 6.45) is 4.01. The molecule has 2 atom stereocenters. The third-order valence-corrected chi connectivity index (χ3v) is 6.43. The van der Waals surface area contributed by atoms with Crippen LogP contribution in [0.5, 0.6) is 0 Å². The van der Waals surface area contributed by atoms with Crippen LogP contribution in [0.3, 0.4) is 0 Å². The maximum atomic E-state index is 12.2. The van der Waals surface area contributed by atoms with E-state index in [1.54, 1.807) is 13.0 Å². The normalized spacial score (nSPS) is 16.7. The van der Waals surface area contributed by atoms with Gasteiger partial charge in [-0.25, -0.2) is 4.79 Å². The van der Waals surface area contributed by atoms with Gasteiger partial charge in [0, 0.05) is 22.3 Å². The quantitative estimate of drug-likeness (QED) is 0.608. The van der Waals surface area contributed by atoms with Crippen LogP contribution in [-0.4, -0.2) is 35.9 Å². The number of fused-ring (bicyclic) bond motifs is 1. The maximum absolute atomic E-state index is 12.2. The Hall–Kier alpha value is -2.67. The number of nitrogens with zero attached hydrogens (tertiary/aromatic N) is 1. The molecule has 0 radical (unpaired) electrons. The maximum Gasteiger partial charge on any atom is 0.407 e. The molecule has 2 aromatic heterocycles. The lowest BCUT2D eigenvalue weighted by Gasteiger charge is -2.23. The first-order valence-electron chi connectivity index (χ1n) is 9.15. The van der Waals surface area contributed by atoms with Gasteiger partial charge in [-0.3, -0.25) is 4.79 Å². The van der Waals surface area contributed by atoms with Crippen LogP contribution in [0.4, 0.5) is 9.80 Å². The van der Waals surface area contributed by atoms with Crippen LogP contribution in [0.15, 0.2) is 23.6 Å². The Balaban J connectivity index is 1.65. The second kappa shape index (κ2) is 9.69. The van der Waals surface area contributed by atoms with E-state index in [1.807, 2.05) is 17.5 Å². The number of anilines is 1. The Labute approximate surface area is 176 Å². The number of nitriles is 1. The smallest absolute Gasteiger partial charge is 0.407 e. The summed E-state index contributed by atoms with van der Waals surface area (Å²) in [7, 11) is 0. The van der Waals surface area contributed by atoms with Crippen LogP contribution in [0.1, 0.15) is 34.2 Å². The number of carbonyl (C=O) groups excluding carboxylic acids is 2. The molecule has 0 bridgehead atoms. The van der Waals surface area contributed by atoms with Gasteiger partial charge in [0.25, 0.3) is 0 Å². The number of aliphatic hydroxyl groups is 1. The van der Waals surface area contributed by atoms with Crippen molar-refractivity contribution < 1.29 is 19.4 Å². The zero-order valence-electron chi connectivity index (χ0n) is 15.8. The summed E-state index contributed by atoms with van der Waals surface area (Å²) in [6.45, 7) is 1.52. The minimum atomic E-state index is -0.565. The lowest BCUT2D eigenvalue weighted by Crippen LogP contribution is -2.38. The van der Waals surface area contributed by atoms with Gasteiger partial charge in [-0.1, -0.05) is 6.07 Å².